The van der Waals surface area contributed by atoms with Crippen LogP contribution in [-0.2, 0) is 34.5 Å². The Balaban J connectivity index is 2.43. The van der Waals surface area contributed by atoms with E-state index >= 15 is 0 Å². The Morgan fingerprint density at radius 3 is 2.44 bits per heavy atom. The van der Waals surface area contributed by atoms with Gasteiger partial charge in [-0.25, -0.2) is 9.59 Å². The van der Waals surface area contributed by atoms with E-state index in [9.17, 15) is 9.59 Å². The SMILES string of the molecule is C=CCOC(=O)O[C@H]1Cc2cc(OCOCCOC)ccc2N(C(=O)OCC=C)[C@@H]1CO[Si](C)(C)C(C)(C)C. The smallest absolute Gasteiger partial charge is 0.468 e. The highest BCUT2D eigenvalue weighted by Gasteiger charge is 2.44. The molecule has 1 aromatic rings. The number of benzene rings is 1. The first-order valence-electron chi connectivity index (χ1n) is 12.9. The van der Waals surface area contributed by atoms with E-state index in [0.29, 0.717) is 31.1 Å². The third kappa shape index (κ3) is 9.38. The monoisotopic (exact) mass is 565 g/mol. The highest BCUT2D eigenvalue weighted by molar-refractivity contribution is 6.74. The minimum absolute atomic E-state index is 0.000570. The molecule has 0 fully saturated rings. The van der Waals surface area contributed by atoms with Crippen LogP contribution in [0, 0.1) is 0 Å². The van der Waals surface area contributed by atoms with E-state index in [-0.39, 0.29) is 31.7 Å². The third-order valence-electron chi connectivity index (χ3n) is 6.74. The van der Waals surface area contributed by atoms with Crippen molar-refractivity contribution in [3.63, 3.8) is 0 Å². The van der Waals surface area contributed by atoms with Crippen molar-refractivity contribution in [1.82, 2.24) is 0 Å². The zero-order chi connectivity index (χ0) is 29.1. The van der Waals surface area contributed by atoms with Gasteiger partial charge in [0.1, 0.15) is 25.1 Å². The zero-order valence-corrected chi connectivity index (χ0v) is 25.0. The molecule has 2 atom stereocenters. The largest absolute Gasteiger partial charge is 0.508 e. The van der Waals surface area contributed by atoms with Crippen molar-refractivity contribution in [3.8, 4) is 5.75 Å². The van der Waals surface area contributed by atoms with Gasteiger partial charge in [-0.2, -0.15) is 0 Å². The number of anilines is 1. The molecular formula is C28H43NO9Si. The van der Waals surface area contributed by atoms with Crippen LogP contribution in [0.3, 0.4) is 0 Å². The molecule has 0 N–H and O–H groups in total. The fourth-order valence-electron chi connectivity index (χ4n) is 3.59. The minimum Gasteiger partial charge on any atom is -0.468 e. The molecule has 1 aliphatic rings. The molecule has 10 nitrogen and oxygen atoms in total. The van der Waals surface area contributed by atoms with Gasteiger partial charge in [0.05, 0.1) is 31.5 Å². The Morgan fingerprint density at radius 1 is 1.10 bits per heavy atom. The molecule has 0 bridgehead atoms. The van der Waals surface area contributed by atoms with E-state index in [1.54, 1.807) is 25.3 Å². The lowest BCUT2D eigenvalue weighted by Gasteiger charge is -2.43. The van der Waals surface area contributed by atoms with Crippen LogP contribution in [0.25, 0.3) is 0 Å². The maximum Gasteiger partial charge on any atom is 0.508 e. The van der Waals surface area contributed by atoms with Crippen molar-refractivity contribution < 1.29 is 42.4 Å². The van der Waals surface area contributed by atoms with E-state index in [1.807, 2.05) is 0 Å². The number of methoxy groups -OCH3 is 1. The summed E-state index contributed by atoms with van der Waals surface area (Å²) in [6.45, 7) is 18.9. The molecule has 1 aromatic carbocycles. The first-order valence-corrected chi connectivity index (χ1v) is 15.8. The number of hydrogen-bond acceptors (Lipinski definition) is 9. The molecule has 0 spiro atoms. The Labute approximate surface area is 232 Å². The summed E-state index contributed by atoms with van der Waals surface area (Å²) >= 11 is 0. The average Bonchev–Trinajstić information content (AvgIpc) is 2.88. The van der Waals surface area contributed by atoms with Crippen molar-refractivity contribution in [2.75, 3.05) is 51.8 Å². The second-order valence-electron chi connectivity index (χ2n) is 10.5. The predicted molar refractivity (Wildman–Crippen MR) is 151 cm³/mol. The van der Waals surface area contributed by atoms with Gasteiger partial charge in [-0.1, -0.05) is 46.1 Å². The van der Waals surface area contributed by atoms with Crippen molar-refractivity contribution in [3.05, 3.63) is 49.1 Å². The van der Waals surface area contributed by atoms with Crippen LogP contribution in [0.2, 0.25) is 18.1 Å². The molecule has 1 amide bonds. The molecule has 2 rings (SSSR count). The van der Waals surface area contributed by atoms with Crippen LogP contribution in [0.5, 0.6) is 5.75 Å². The van der Waals surface area contributed by atoms with Crippen LogP contribution in [0.4, 0.5) is 15.3 Å². The second-order valence-corrected chi connectivity index (χ2v) is 15.3. The third-order valence-corrected chi connectivity index (χ3v) is 11.2. The van der Waals surface area contributed by atoms with Gasteiger partial charge in [0, 0.05) is 13.5 Å². The minimum atomic E-state index is -2.22. The Kier molecular flexibility index (Phi) is 12.5. The lowest BCUT2D eigenvalue weighted by atomic mass is 9.93. The Morgan fingerprint density at radius 2 is 1.79 bits per heavy atom. The van der Waals surface area contributed by atoms with Crippen LogP contribution in [0.15, 0.2) is 43.5 Å². The van der Waals surface area contributed by atoms with Gasteiger partial charge in [-0.05, 0) is 41.9 Å². The number of hydrogen-bond donors (Lipinski definition) is 0. The topological polar surface area (TPSA) is 102 Å². The van der Waals surface area contributed by atoms with Gasteiger partial charge in [-0.3, -0.25) is 4.90 Å². The number of fused-ring (bicyclic) bond motifs is 1. The summed E-state index contributed by atoms with van der Waals surface area (Å²) in [6, 6.07) is 4.65. The number of carbonyl (C=O) groups excluding carboxylic acids is 2. The van der Waals surface area contributed by atoms with E-state index in [4.69, 9.17) is 32.8 Å². The van der Waals surface area contributed by atoms with Crippen molar-refractivity contribution in [1.29, 1.82) is 0 Å². The number of carbonyl (C=O) groups is 2. The highest BCUT2D eigenvalue weighted by Crippen LogP contribution is 2.39. The first-order chi connectivity index (χ1) is 18.4. The molecule has 11 heteroatoms. The molecule has 0 radical (unpaired) electrons. The Hall–Kier alpha value is -2.86. The first kappa shape index (κ1) is 32.3. The van der Waals surface area contributed by atoms with Crippen LogP contribution in [0.1, 0.15) is 26.3 Å². The molecule has 0 aliphatic carbocycles. The normalized spacial score (nSPS) is 17.1. The lowest BCUT2D eigenvalue weighted by Crippen LogP contribution is -2.57. The van der Waals surface area contributed by atoms with Gasteiger partial charge < -0.3 is 32.8 Å². The molecule has 0 saturated carbocycles. The summed E-state index contributed by atoms with van der Waals surface area (Å²) in [6.07, 6.45) is 1.00. The summed E-state index contributed by atoms with van der Waals surface area (Å²) in [5.41, 5.74) is 1.34. The summed E-state index contributed by atoms with van der Waals surface area (Å²) < 4.78 is 38.9. The van der Waals surface area contributed by atoms with E-state index in [1.165, 1.54) is 17.1 Å². The maximum absolute atomic E-state index is 13.4. The highest BCUT2D eigenvalue weighted by atomic mass is 28.4. The zero-order valence-electron chi connectivity index (χ0n) is 24.0. The summed E-state index contributed by atoms with van der Waals surface area (Å²) in [5, 5.41) is -0.0649. The van der Waals surface area contributed by atoms with Gasteiger partial charge in [-0.15, -0.1) is 0 Å². The molecule has 1 heterocycles. The molecule has 39 heavy (non-hydrogen) atoms. The summed E-state index contributed by atoms with van der Waals surface area (Å²) in [4.78, 5) is 27.4. The maximum atomic E-state index is 13.4. The van der Waals surface area contributed by atoms with Gasteiger partial charge in [0.15, 0.2) is 15.1 Å². The number of ether oxygens (including phenoxy) is 6. The fraction of sp³-hybridized carbons (Fsp3) is 0.571. The summed E-state index contributed by atoms with van der Waals surface area (Å²) in [5.74, 6) is 0.537. The van der Waals surface area contributed by atoms with Crippen molar-refractivity contribution in [2.24, 2.45) is 0 Å². The van der Waals surface area contributed by atoms with E-state index in [0.717, 1.165) is 5.56 Å². The van der Waals surface area contributed by atoms with Gasteiger partial charge in [0.2, 0.25) is 0 Å². The van der Waals surface area contributed by atoms with Crippen LogP contribution < -0.4 is 9.64 Å². The Bertz CT molecular complexity index is 976. The molecule has 1 aliphatic heterocycles. The number of amides is 1. The lowest BCUT2D eigenvalue weighted by molar-refractivity contribution is -0.00860. The quantitative estimate of drug-likeness (QED) is 0.0955. The molecule has 0 unspecified atom stereocenters. The van der Waals surface area contributed by atoms with E-state index < -0.39 is 32.7 Å². The molecular weight excluding hydrogens is 522 g/mol. The van der Waals surface area contributed by atoms with Crippen molar-refractivity contribution in [2.45, 2.75) is 57.5 Å². The standard InChI is InChI=1S/C28H43NO9Si/c1-9-13-34-26(30)29-23-12-11-22(36-20-33-16-15-32-6)17-21(23)18-25(38-27(31)35-14-10-2)24(29)19-37-39(7,8)28(3,4)5/h9-12,17,24-25H,1-2,13-16,18-20H2,3-8H3/t24-,25+/m1/s1. The molecule has 218 valence electrons. The van der Waals surface area contributed by atoms with Crippen LogP contribution in [-0.4, -0.2) is 79.6 Å². The van der Waals surface area contributed by atoms with Crippen LogP contribution >= 0.6 is 0 Å². The number of rotatable bonds is 14. The van der Waals surface area contributed by atoms with Gasteiger partial charge in [0.25, 0.3) is 0 Å². The number of nitrogens with zero attached hydrogens (tertiary/aromatic N) is 1. The average molecular weight is 566 g/mol. The molecule has 0 saturated heterocycles. The predicted octanol–water partition coefficient (Wildman–Crippen LogP) is 5.47. The second kappa shape index (κ2) is 15.1. The summed E-state index contributed by atoms with van der Waals surface area (Å²) in [7, 11) is -0.624. The van der Waals surface area contributed by atoms with E-state index in [2.05, 4.69) is 47.0 Å². The van der Waals surface area contributed by atoms with Crippen molar-refractivity contribution >= 4 is 26.3 Å². The molecule has 0 aromatic heterocycles. The van der Waals surface area contributed by atoms with Gasteiger partial charge >= 0.3 is 12.2 Å². The fourth-order valence-corrected chi connectivity index (χ4v) is 4.61.